The van der Waals surface area contributed by atoms with Crippen LogP contribution in [0.4, 0.5) is 0 Å². The molecule has 0 radical (unpaired) electrons. The Balaban J connectivity index is 1.84. The summed E-state index contributed by atoms with van der Waals surface area (Å²) in [6, 6.07) is 7.69. The number of pyridine rings is 1. The van der Waals surface area contributed by atoms with E-state index < -0.39 is 17.7 Å². The fourth-order valence-electron chi connectivity index (χ4n) is 3.22. The van der Waals surface area contributed by atoms with Gasteiger partial charge in [-0.1, -0.05) is 6.07 Å². The van der Waals surface area contributed by atoms with Gasteiger partial charge in [0.1, 0.15) is 19.0 Å². The van der Waals surface area contributed by atoms with Crippen molar-refractivity contribution in [3.63, 3.8) is 0 Å². The topological polar surface area (TPSA) is 89.0 Å². The molecule has 2 aromatic rings. The zero-order valence-electron chi connectivity index (χ0n) is 14.0. The lowest BCUT2D eigenvalue weighted by molar-refractivity contribution is -0.139. The van der Waals surface area contributed by atoms with Gasteiger partial charge < -0.3 is 19.5 Å². The smallest absolute Gasteiger partial charge is 0.295 e. The lowest BCUT2D eigenvalue weighted by Crippen LogP contribution is -2.24. The number of carbonyl (C=O) groups excluding carboxylic acids is 2. The van der Waals surface area contributed by atoms with E-state index in [1.165, 1.54) is 11.9 Å². The van der Waals surface area contributed by atoms with E-state index in [1.54, 1.807) is 42.7 Å². The van der Waals surface area contributed by atoms with Crippen LogP contribution < -0.4 is 9.47 Å². The van der Waals surface area contributed by atoms with Crippen molar-refractivity contribution < 1.29 is 24.2 Å². The van der Waals surface area contributed by atoms with E-state index in [0.29, 0.717) is 35.8 Å². The molecule has 0 saturated carbocycles. The first-order chi connectivity index (χ1) is 12.6. The first-order valence-electron chi connectivity index (χ1n) is 8.12. The summed E-state index contributed by atoms with van der Waals surface area (Å²) in [5.74, 6) is -0.582. The molecule has 26 heavy (non-hydrogen) atoms. The SMILES string of the molecule is CN1C(=O)C(=O)/C(=C(/O)c2ccc3c(c2)OCCO3)C1c1cccnc1. The number of ether oxygens (including phenoxy) is 2. The molecule has 1 fully saturated rings. The van der Waals surface area contributed by atoms with Crippen molar-refractivity contribution in [2.45, 2.75) is 6.04 Å². The van der Waals surface area contributed by atoms with E-state index in [-0.39, 0.29) is 11.3 Å². The molecule has 1 aromatic carbocycles. The highest BCUT2D eigenvalue weighted by Gasteiger charge is 2.44. The van der Waals surface area contributed by atoms with Gasteiger partial charge in [-0.05, 0) is 29.8 Å². The molecule has 0 bridgehead atoms. The fourth-order valence-corrected chi connectivity index (χ4v) is 3.22. The lowest BCUT2D eigenvalue weighted by atomic mass is 9.96. The Hall–Kier alpha value is -3.35. The zero-order valence-corrected chi connectivity index (χ0v) is 14.0. The van der Waals surface area contributed by atoms with Gasteiger partial charge in [-0.25, -0.2) is 0 Å². The molecule has 132 valence electrons. The molecule has 1 N–H and O–H groups in total. The molecular formula is C19H16N2O5. The van der Waals surface area contributed by atoms with Crippen LogP contribution in [0.3, 0.4) is 0 Å². The number of likely N-dealkylation sites (tertiary alicyclic amines) is 1. The molecule has 2 aliphatic rings. The van der Waals surface area contributed by atoms with Crippen molar-refractivity contribution in [1.29, 1.82) is 0 Å². The number of aliphatic hydroxyl groups is 1. The van der Waals surface area contributed by atoms with Crippen LogP contribution in [0.1, 0.15) is 17.2 Å². The molecule has 2 aliphatic heterocycles. The number of aliphatic hydroxyl groups excluding tert-OH is 1. The van der Waals surface area contributed by atoms with Crippen molar-refractivity contribution in [3.8, 4) is 11.5 Å². The number of rotatable bonds is 2. The Labute approximate surface area is 149 Å². The highest BCUT2D eigenvalue weighted by Crippen LogP contribution is 2.39. The highest BCUT2D eigenvalue weighted by atomic mass is 16.6. The minimum absolute atomic E-state index is 0.0298. The highest BCUT2D eigenvalue weighted by molar-refractivity contribution is 6.46. The summed E-state index contributed by atoms with van der Waals surface area (Å²) in [6.07, 6.45) is 3.18. The first kappa shape index (κ1) is 16.1. The molecule has 1 atom stereocenters. The van der Waals surface area contributed by atoms with Gasteiger partial charge in [0.25, 0.3) is 11.7 Å². The zero-order chi connectivity index (χ0) is 18.3. The first-order valence-corrected chi connectivity index (χ1v) is 8.12. The molecule has 0 aliphatic carbocycles. The van der Waals surface area contributed by atoms with Crippen LogP contribution in [0.2, 0.25) is 0 Å². The second-order valence-electron chi connectivity index (χ2n) is 6.05. The average molecular weight is 352 g/mol. The largest absolute Gasteiger partial charge is 0.507 e. The maximum absolute atomic E-state index is 12.5. The minimum Gasteiger partial charge on any atom is -0.507 e. The van der Waals surface area contributed by atoms with Gasteiger partial charge in [0.05, 0.1) is 11.6 Å². The Kier molecular flexibility index (Phi) is 3.84. The molecule has 7 nitrogen and oxygen atoms in total. The number of benzene rings is 1. The second kappa shape index (κ2) is 6.18. The van der Waals surface area contributed by atoms with Crippen LogP contribution in [-0.4, -0.2) is 46.9 Å². The van der Waals surface area contributed by atoms with E-state index in [1.807, 2.05) is 0 Å². The van der Waals surface area contributed by atoms with E-state index in [9.17, 15) is 14.7 Å². The quantitative estimate of drug-likeness (QED) is 0.504. The van der Waals surface area contributed by atoms with E-state index >= 15 is 0 Å². The molecule has 1 amide bonds. The molecule has 1 aromatic heterocycles. The number of likely N-dealkylation sites (N-methyl/N-ethyl adjacent to an activating group) is 1. The van der Waals surface area contributed by atoms with Crippen molar-refractivity contribution in [3.05, 3.63) is 59.4 Å². The van der Waals surface area contributed by atoms with Crippen LogP contribution in [-0.2, 0) is 9.59 Å². The standard InChI is InChI=1S/C19H16N2O5/c1-21-16(12-3-2-6-20-10-12)15(18(23)19(21)24)17(22)11-4-5-13-14(9-11)26-8-7-25-13/h2-6,9-10,16,22H,7-8H2,1H3/b17-15+. The van der Waals surface area contributed by atoms with Gasteiger partial charge in [0.15, 0.2) is 11.5 Å². The molecule has 1 saturated heterocycles. The van der Waals surface area contributed by atoms with Gasteiger partial charge in [0, 0.05) is 25.0 Å². The maximum Gasteiger partial charge on any atom is 0.295 e. The number of hydrogen-bond donors (Lipinski definition) is 1. The van der Waals surface area contributed by atoms with Gasteiger partial charge in [0.2, 0.25) is 0 Å². The Morgan fingerprint density at radius 2 is 1.96 bits per heavy atom. The average Bonchev–Trinajstić information content (AvgIpc) is 2.91. The predicted molar refractivity (Wildman–Crippen MR) is 91.7 cm³/mol. The summed E-state index contributed by atoms with van der Waals surface area (Å²) < 4.78 is 11.0. The molecule has 0 spiro atoms. The van der Waals surface area contributed by atoms with Crippen LogP contribution in [0.15, 0.2) is 48.3 Å². The Morgan fingerprint density at radius 3 is 2.69 bits per heavy atom. The summed E-state index contributed by atoms with van der Waals surface area (Å²) in [5, 5.41) is 10.8. The van der Waals surface area contributed by atoms with Crippen LogP contribution in [0.25, 0.3) is 5.76 Å². The number of carbonyl (C=O) groups is 2. The predicted octanol–water partition coefficient (Wildman–Crippen LogP) is 1.90. The fraction of sp³-hybridized carbons (Fsp3) is 0.211. The monoisotopic (exact) mass is 352 g/mol. The van der Waals surface area contributed by atoms with Gasteiger partial charge >= 0.3 is 0 Å². The summed E-state index contributed by atoms with van der Waals surface area (Å²) in [7, 11) is 1.53. The Bertz CT molecular complexity index is 923. The summed E-state index contributed by atoms with van der Waals surface area (Å²) in [6.45, 7) is 0.868. The molecule has 1 unspecified atom stereocenters. The normalized spacial score (nSPS) is 21.1. The molecular weight excluding hydrogens is 336 g/mol. The second-order valence-corrected chi connectivity index (χ2v) is 6.05. The van der Waals surface area contributed by atoms with Crippen LogP contribution in [0.5, 0.6) is 11.5 Å². The Morgan fingerprint density at radius 1 is 1.19 bits per heavy atom. The molecule has 7 heteroatoms. The summed E-state index contributed by atoms with van der Waals surface area (Å²) in [4.78, 5) is 30.1. The number of ketones is 1. The molecule has 4 rings (SSSR count). The van der Waals surface area contributed by atoms with E-state index in [4.69, 9.17) is 9.47 Å². The molecule has 3 heterocycles. The van der Waals surface area contributed by atoms with Crippen molar-refractivity contribution in [1.82, 2.24) is 9.88 Å². The van der Waals surface area contributed by atoms with Crippen molar-refractivity contribution in [2.75, 3.05) is 20.3 Å². The van der Waals surface area contributed by atoms with Crippen molar-refractivity contribution >= 4 is 17.4 Å². The lowest BCUT2D eigenvalue weighted by Gasteiger charge is -2.21. The van der Waals surface area contributed by atoms with Crippen LogP contribution >= 0.6 is 0 Å². The van der Waals surface area contributed by atoms with E-state index in [2.05, 4.69) is 4.98 Å². The number of fused-ring (bicyclic) bond motifs is 1. The summed E-state index contributed by atoms with van der Waals surface area (Å²) in [5.41, 5.74) is 1.06. The summed E-state index contributed by atoms with van der Waals surface area (Å²) >= 11 is 0. The van der Waals surface area contributed by atoms with Gasteiger partial charge in [-0.2, -0.15) is 0 Å². The number of aromatic nitrogens is 1. The number of hydrogen-bond acceptors (Lipinski definition) is 6. The number of nitrogens with zero attached hydrogens (tertiary/aromatic N) is 2. The van der Waals surface area contributed by atoms with Crippen LogP contribution in [0, 0.1) is 0 Å². The minimum atomic E-state index is -0.728. The van der Waals surface area contributed by atoms with E-state index in [0.717, 1.165) is 0 Å². The third-order valence-electron chi connectivity index (χ3n) is 4.49. The number of amides is 1. The van der Waals surface area contributed by atoms with Crippen molar-refractivity contribution in [2.24, 2.45) is 0 Å². The maximum atomic E-state index is 12.5. The third kappa shape index (κ3) is 2.48. The van der Waals surface area contributed by atoms with Gasteiger partial charge in [-0.3, -0.25) is 14.6 Å². The number of Topliss-reactive ketones (excluding diaryl/α,β-unsaturated/α-hetero) is 1. The third-order valence-corrected chi connectivity index (χ3v) is 4.49. The van der Waals surface area contributed by atoms with Gasteiger partial charge in [-0.15, -0.1) is 0 Å².